The Morgan fingerprint density at radius 1 is 1.53 bits per heavy atom. The Balaban J connectivity index is 2.70. The van der Waals surface area contributed by atoms with E-state index in [1.165, 1.54) is 0 Å². The zero-order valence-corrected chi connectivity index (χ0v) is 10.1. The molecule has 0 bridgehead atoms. The molecule has 1 heterocycles. The number of nitrogens with one attached hydrogen (secondary N) is 1. The molecule has 0 radical (unpaired) electrons. The molecule has 0 spiro atoms. The molecule has 4 nitrogen and oxygen atoms in total. The van der Waals surface area contributed by atoms with Crippen LogP contribution in [-0.4, -0.2) is 42.8 Å². The van der Waals surface area contributed by atoms with Gasteiger partial charge in [0.25, 0.3) is 0 Å². The first-order chi connectivity index (χ1) is 7.15. The van der Waals surface area contributed by atoms with Crippen LogP contribution >= 0.6 is 0 Å². The van der Waals surface area contributed by atoms with Crippen LogP contribution in [0.2, 0.25) is 0 Å². The van der Waals surface area contributed by atoms with Gasteiger partial charge in [0.15, 0.2) is 0 Å². The predicted molar refractivity (Wildman–Crippen MR) is 59.5 cm³/mol. The molecule has 15 heavy (non-hydrogen) atoms. The number of rotatable bonds is 5. The van der Waals surface area contributed by atoms with Gasteiger partial charge in [-0.05, 0) is 19.8 Å². The third-order valence-corrected chi connectivity index (χ3v) is 3.04. The zero-order chi connectivity index (χ0) is 11.4. The summed E-state index contributed by atoms with van der Waals surface area (Å²) in [7, 11) is 1.68. The Kier molecular flexibility index (Phi) is 4.54. The summed E-state index contributed by atoms with van der Waals surface area (Å²) in [6, 6.07) is 0.187. The van der Waals surface area contributed by atoms with Crippen LogP contribution in [0, 0.1) is 0 Å². The number of ether oxygens (including phenoxy) is 1. The van der Waals surface area contributed by atoms with Crippen LogP contribution in [0.15, 0.2) is 0 Å². The minimum Gasteiger partial charge on any atom is -0.383 e. The van der Waals surface area contributed by atoms with Gasteiger partial charge in [0.2, 0.25) is 5.91 Å². The maximum Gasteiger partial charge on any atom is 0.241 e. The van der Waals surface area contributed by atoms with Gasteiger partial charge in [-0.25, -0.2) is 0 Å². The molecular weight excluding hydrogens is 192 g/mol. The smallest absolute Gasteiger partial charge is 0.241 e. The lowest BCUT2D eigenvalue weighted by Crippen LogP contribution is -2.45. The number of carbonyl (C=O) groups is 1. The highest BCUT2D eigenvalue weighted by Crippen LogP contribution is 2.18. The van der Waals surface area contributed by atoms with Crippen LogP contribution in [0.1, 0.15) is 33.6 Å². The SMILES string of the molecule is CCC1NC(C)N(C(CC)COC)C1=O. The average molecular weight is 214 g/mol. The minimum atomic E-state index is -0.00842. The molecule has 1 amide bonds. The highest BCUT2D eigenvalue weighted by atomic mass is 16.5. The second-order valence-electron chi connectivity index (χ2n) is 4.07. The molecule has 0 aromatic carbocycles. The van der Waals surface area contributed by atoms with E-state index in [1.54, 1.807) is 7.11 Å². The quantitative estimate of drug-likeness (QED) is 0.741. The molecule has 3 unspecified atom stereocenters. The maximum atomic E-state index is 12.0. The summed E-state index contributed by atoms with van der Waals surface area (Å²) < 4.78 is 5.15. The van der Waals surface area contributed by atoms with Gasteiger partial charge in [0.1, 0.15) is 0 Å². The van der Waals surface area contributed by atoms with Crippen molar-refractivity contribution in [1.29, 1.82) is 0 Å². The fourth-order valence-corrected chi connectivity index (χ4v) is 2.19. The van der Waals surface area contributed by atoms with Gasteiger partial charge in [-0.1, -0.05) is 13.8 Å². The Morgan fingerprint density at radius 3 is 2.60 bits per heavy atom. The summed E-state index contributed by atoms with van der Waals surface area (Å²) in [6.45, 7) is 6.77. The lowest BCUT2D eigenvalue weighted by atomic mass is 10.1. The second kappa shape index (κ2) is 5.47. The lowest BCUT2D eigenvalue weighted by Gasteiger charge is -2.29. The van der Waals surface area contributed by atoms with Crippen molar-refractivity contribution in [3.8, 4) is 0 Å². The second-order valence-corrected chi connectivity index (χ2v) is 4.07. The number of hydrogen-bond acceptors (Lipinski definition) is 3. The van der Waals surface area contributed by atoms with Gasteiger partial charge in [-0.2, -0.15) is 0 Å². The Labute approximate surface area is 92.0 Å². The highest BCUT2D eigenvalue weighted by Gasteiger charge is 2.38. The molecule has 4 heteroatoms. The molecule has 1 aliphatic rings. The number of nitrogens with zero attached hydrogens (tertiary/aromatic N) is 1. The van der Waals surface area contributed by atoms with E-state index < -0.39 is 0 Å². The van der Waals surface area contributed by atoms with E-state index in [4.69, 9.17) is 4.74 Å². The number of hydrogen-bond donors (Lipinski definition) is 1. The third-order valence-electron chi connectivity index (χ3n) is 3.04. The summed E-state index contributed by atoms with van der Waals surface area (Å²) in [5.41, 5.74) is 0. The first-order valence-electron chi connectivity index (χ1n) is 5.72. The van der Waals surface area contributed by atoms with E-state index in [9.17, 15) is 4.79 Å². The molecule has 1 N–H and O–H groups in total. The van der Waals surface area contributed by atoms with Crippen LogP contribution in [0.4, 0.5) is 0 Å². The molecule has 1 rings (SSSR count). The standard InChI is InChI=1S/C11H22N2O2/c1-5-9(7-15-4)13-8(3)12-10(6-2)11(13)14/h8-10,12H,5-7H2,1-4H3. The van der Waals surface area contributed by atoms with Crippen molar-refractivity contribution in [2.45, 2.75) is 51.9 Å². The van der Waals surface area contributed by atoms with E-state index in [1.807, 2.05) is 18.7 Å². The fourth-order valence-electron chi connectivity index (χ4n) is 2.19. The van der Waals surface area contributed by atoms with E-state index in [2.05, 4.69) is 12.2 Å². The highest BCUT2D eigenvalue weighted by molar-refractivity contribution is 5.84. The predicted octanol–water partition coefficient (Wildman–Crippen LogP) is 0.968. The van der Waals surface area contributed by atoms with Crippen molar-refractivity contribution in [2.75, 3.05) is 13.7 Å². The van der Waals surface area contributed by atoms with E-state index in [0.29, 0.717) is 6.61 Å². The molecule has 0 aromatic heterocycles. The van der Waals surface area contributed by atoms with E-state index in [0.717, 1.165) is 12.8 Å². The number of carbonyl (C=O) groups excluding carboxylic acids is 1. The van der Waals surface area contributed by atoms with Crippen molar-refractivity contribution in [3.05, 3.63) is 0 Å². The fraction of sp³-hybridized carbons (Fsp3) is 0.909. The van der Waals surface area contributed by atoms with E-state index >= 15 is 0 Å². The Morgan fingerprint density at radius 2 is 2.20 bits per heavy atom. The van der Waals surface area contributed by atoms with Crippen LogP contribution < -0.4 is 5.32 Å². The van der Waals surface area contributed by atoms with Crippen LogP contribution in [-0.2, 0) is 9.53 Å². The Hall–Kier alpha value is -0.610. The van der Waals surface area contributed by atoms with Crippen molar-refractivity contribution < 1.29 is 9.53 Å². The number of methoxy groups -OCH3 is 1. The normalized spacial score (nSPS) is 28.5. The van der Waals surface area contributed by atoms with Gasteiger partial charge in [0, 0.05) is 7.11 Å². The van der Waals surface area contributed by atoms with Crippen molar-refractivity contribution in [2.24, 2.45) is 0 Å². The summed E-state index contributed by atoms with van der Waals surface area (Å²) in [6.07, 6.45) is 1.91. The van der Waals surface area contributed by atoms with Crippen LogP contribution in [0.5, 0.6) is 0 Å². The topological polar surface area (TPSA) is 41.6 Å². The molecule has 0 saturated carbocycles. The van der Waals surface area contributed by atoms with Gasteiger partial charge in [0.05, 0.1) is 24.9 Å². The van der Waals surface area contributed by atoms with Crippen molar-refractivity contribution >= 4 is 5.91 Å². The average Bonchev–Trinajstić information content (AvgIpc) is 2.51. The monoisotopic (exact) mass is 214 g/mol. The van der Waals surface area contributed by atoms with Gasteiger partial charge in [-0.3, -0.25) is 10.1 Å². The summed E-state index contributed by atoms with van der Waals surface area (Å²) in [5.74, 6) is 0.217. The first-order valence-corrected chi connectivity index (χ1v) is 5.72. The van der Waals surface area contributed by atoms with Crippen LogP contribution in [0.25, 0.3) is 0 Å². The van der Waals surface area contributed by atoms with Gasteiger partial charge in [-0.15, -0.1) is 0 Å². The molecule has 1 aliphatic heterocycles. The van der Waals surface area contributed by atoms with Gasteiger partial charge < -0.3 is 9.64 Å². The molecule has 3 atom stereocenters. The van der Waals surface area contributed by atoms with E-state index in [-0.39, 0.29) is 24.2 Å². The molecule has 0 aliphatic carbocycles. The number of amides is 1. The molecule has 1 fully saturated rings. The minimum absolute atomic E-state index is 0.00842. The lowest BCUT2D eigenvalue weighted by molar-refractivity contribution is -0.133. The van der Waals surface area contributed by atoms with Gasteiger partial charge >= 0.3 is 0 Å². The van der Waals surface area contributed by atoms with Crippen molar-refractivity contribution in [3.63, 3.8) is 0 Å². The van der Waals surface area contributed by atoms with Crippen molar-refractivity contribution in [1.82, 2.24) is 10.2 Å². The first kappa shape index (κ1) is 12.5. The molecule has 88 valence electrons. The molecule has 0 aromatic rings. The largest absolute Gasteiger partial charge is 0.383 e. The third kappa shape index (κ3) is 2.49. The maximum absolute atomic E-state index is 12.0. The summed E-state index contributed by atoms with van der Waals surface area (Å²) in [5, 5.41) is 3.30. The van der Waals surface area contributed by atoms with Crippen LogP contribution in [0.3, 0.4) is 0 Å². The summed E-state index contributed by atoms with van der Waals surface area (Å²) >= 11 is 0. The molecular formula is C11H22N2O2. The zero-order valence-electron chi connectivity index (χ0n) is 10.1. The Bertz CT molecular complexity index is 221. The molecule has 1 saturated heterocycles. The summed E-state index contributed by atoms with van der Waals surface area (Å²) in [4.78, 5) is 14.0.